The molecule has 0 saturated heterocycles. The first-order valence-electron chi connectivity index (χ1n) is 25.7. The monoisotopic (exact) mass is 930 g/mol. The van der Waals surface area contributed by atoms with Crippen molar-refractivity contribution in [3.05, 3.63) is 276 Å². The number of anilines is 6. The molecule has 0 amide bonds. The molecule has 0 aromatic heterocycles. The Hall–Kier alpha value is -8.98. The van der Waals surface area contributed by atoms with E-state index in [1.54, 1.807) is 0 Å². The van der Waals surface area contributed by atoms with Crippen LogP contribution in [0.1, 0.15) is 47.2 Å². The Morgan fingerprint density at radius 1 is 0.301 bits per heavy atom. The van der Waals surface area contributed by atoms with Crippen LogP contribution in [0.4, 0.5) is 34.1 Å². The number of hydrogen-bond donors (Lipinski definition) is 0. The fraction of sp³-hybridized carbons (Fsp3) is 0.0704. The lowest BCUT2D eigenvalue weighted by Gasteiger charge is -2.34. The normalized spacial score (nSPS) is 13.8. The van der Waals surface area contributed by atoms with Gasteiger partial charge in [-0.15, -0.1) is 0 Å². The van der Waals surface area contributed by atoms with Crippen molar-refractivity contribution in [1.82, 2.24) is 0 Å². The van der Waals surface area contributed by atoms with Crippen molar-refractivity contribution >= 4 is 66.4 Å². The fourth-order valence-corrected chi connectivity index (χ4v) is 12.9. The Labute approximate surface area is 426 Å². The van der Waals surface area contributed by atoms with Crippen molar-refractivity contribution in [2.75, 3.05) is 9.80 Å². The topological polar surface area (TPSA) is 6.48 Å². The summed E-state index contributed by atoms with van der Waals surface area (Å²) in [6, 6.07) is 91.4. The van der Waals surface area contributed by atoms with Crippen LogP contribution in [0.2, 0.25) is 0 Å². The highest BCUT2D eigenvalue weighted by Crippen LogP contribution is 2.54. The molecule has 12 aromatic carbocycles. The second-order valence-electron chi connectivity index (χ2n) is 20.8. The number of hydrogen-bond acceptors (Lipinski definition) is 2. The maximum absolute atomic E-state index is 2.53. The van der Waals surface area contributed by atoms with Gasteiger partial charge in [0.05, 0.1) is 0 Å². The summed E-state index contributed by atoms with van der Waals surface area (Å²) in [4.78, 5) is 4.99. The van der Waals surface area contributed by atoms with Crippen LogP contribution in [0.15, 0.2) is 243 Å². The number of nitrogens with zero attached hydrogens (tertiary/aromatic N) is 2. The van der Waals surface area contributed by atoms with E-state index in [-0.39, 0.29) is 5.41 Å². The smallest absolute Gasteiger partial charge is 0.0497 e. The Balaban J connectivity index is 1.03. The number of benzene rings is 12. The van der Waals surface area contributed by atoms with E-state index in [2.05, 4.69) is 266 Å². The lowest BCUT2D eigenvalue weighted by atomic mass is 9.79. The third-order valence-corrected chi connectivity index (χ3v) is 16.4. The molecule has 3 aliphatic rings. The molecule has 0 atom stereocenters. The van der Waals surface area contributed by atoms with Crippen molar-refractivity contribution in [3.8, 4) is 44.5 Å². The van der Waals surface area contributed by atoms with Gasteiger partial charge in [0.1, 0.15) is 0 Å². The molecule has 73 heavy (non-hydrogen) atoms. The molecule has 0 unspecified atom stereocenters. The van der Waals surface area contributed by atoms with Gasteiger partial charge in [0.15, 0.2) is 0 Å². The van der Waals surface area contributed by atoms with E-state index < -0.39 is 0 Å². The SMILES string of the molecule is CC1(C)c2cc(-c3ccccc3)ccc2-c2ccc(-c3c4ccc(N5c6ccccc6Cc6ccccc65)cc4c(-c4ccc5ccccc5c4)c4ccc(N5c6ccccc6Cc6ccccc65)cc34)cc21. The lowest BCUT2D eigenvalue weighted by molar-refractivity contribution is 0.661. The van der Waals surface area contributed by atoms with Crippen molar-refractivity contribution in [2.24, 2.45) is 0 Å². The van der Waals surface area contributed by atoms with Crippen molar-refractivity contribution in [1.29, 1.82) is 0 Å². The molecule has 0 spiro atoms. The standard InChI is InChI=1S/C71H50N2/c1-71(2)63-41-48(45-16-4-3-5-17-45)30-34-57(63)58-35-31-54(42-64(58)71)70-60-37-33-55(72-65-24-12-8-20-49(65)39-50-21-9-13-25-66(50)72)43-61(60)69(53-29-28-46-18-6-7-19-47(46)38-53)59-36-32-56(44-62(59)70)73-67-26-14-10-22-51(67)40-52-23-11-15-27-68(52)73/h3-38,41-44H,39-40H2,1-2H3. The minimum atomic E-state index is -0.225. The first-order chi connectivity index (χ1) is 35.9. The molecular formula is C71H50N2. The highest BCUT2D eigenvalue weighted by Gasteiger charge is 2.37. The summed E-state index contributed by atoms with van der Waals surface area (Å²) in [7, 11) is 0. The van der Waals surface area contributed by atoms with Gasteiger partial charge >= 0.3 is 0 Å². The van der Waals surface area contributed by atoms with Gasteiger partial charge in [0, 0.05) is 52.4 Å². The highest BCUT2D eigenvalue weighted by atomic mass is 15.2. The minimum Gasteiger partial charge on any atom is -0.310 e. The van der Waals surface area contributed by atoms with Crippen molar-refractivity contribution in [2.45, 2.75) is 32.1 Å². The Morgan fingerprint density at radius 2 is 0.712 bits per heavy atom. The van der Waals surface area contributed by atoms with E-state index >= 15 is 0 Å². The summed E-state index contributed by atoms with van der Waals surface area (Å²) in [6.07, 6.45) is 1.82. The van der Waals surface area contributed by atoms with Gasteiger partial charge in [-0.3, -0.25) is 0 Å². The molecular weight excluding hydrogens is 881 g/mol. The van der Waals surface area contributed by atoms with E-state index in [9.17, 15) is 0 Å². The number of rotatable bonds is 5. The van der Waals surface area contributed by atoms with Crippen LogP contribution in [-0.2, 0) is 18.3 Å². The van der Waals surface area contributed by atoms with E-state index in [1.165, 1.54) is 133 Å². The zero-order chi connectivity index (χ0) is 48.4. The Morgan fingerprint density at radius 3 is 1.23 bits per heavy atom. The summed E-state index contributed by atoms with van der Waals surface area (Å²) in [5.41, 5.74) is 25.1. The molecule has 0 bridgehead atoms. The largest absolute Gasteiger partial charge is 0.310 e. The van der Waals surface area contributed by atoms with Crippen LogP contribution in [0.3, 0.4) is 0 Å². The first-order valence-corrected chi connectivity index (χ1v) is 25.7. The third kappa shape index (κ3) is 6.43. The minimum absolute atomic E-state index is 0.225. The van der Waals surface area contributed by atoms with Gasteiger partial charge in [0.25, 0.3) is 0 Å². The van der Waals surface area contributed by atoms with Crippen molar-refractivity contribution in [3.63, 3.8) is 0 Å². The predicted octanol–water partition coefficient (Wildman–Crippen LogP) is 19.2. The van der Waals surface area contributed by atoms with Crippen LogP contribution < -0.4 is 9.80 Å². The summed E-state index contributed by atoms with van der Waals surface area (Å²) >= 11 is 0. The summed E-state index contributed by atoms with van der Waals surface area (Å²) in [6.45, 7) is 4.83. The maximum Gasteiger partial charge on any atom is 0.0497 e. The lowest BCUT2D eigenvalue weighted by Crippen LogP contribution is -2.18. The molecule has 15 rings (SSSR count). The van der Waals surface area contributed by atoms with Gasteiger partial charge in [-0.25, -0.2) is 0 Å². The van der Waals surface area contributed by atoms with Crippen LogP contribution in [-0.4, -0.2) is 0 Å². The summed E-state index contributed by atoms with van der Waals surface area (Å²) < 4.78 is 0. The Bertz CT molecular complexity index is 4160. The van der Waals surface area contributed by atoms with Crippen LogP contribution in [0, 0.1) is 0 Å². The molecule has 0 saturated carbocycles. The number of para-hydroxylation sites is 4. The molecule has 1 aliphatic carbocycles. The molecule has 2 nitrogen and oxygen atoms in total. The van der Waals surface area contributed by atoms with E-state index in [0.29, 0.717) is 0 Å². The van der Waals surface area contributed by atoms with E-state index in [0.717, 1.165) is 24.2 Å². The average molecular weight is 931 g/mol. The highest BCUT2D eigenvalue weighted by molar-refractivity contribution is 6.23. The molecule has 2 aliphatic heterocycles. The third-order valence-electron chi connectivity index (χ3n) is 16.4. The zero-order valence-electron chi connectivity index (χ0n) is 40.9. The molecule has 2 heterocycles. The predicted molar refractivity (Wildman–Crippen MR) is 308 cm³/mol. The van der Waals surface area contributed by atoms with Gasteiger partial charge in [-0.05, 0) is 177 Å². The Kier molecular flexibility index (Phi) is 9.16. The van der Waals surface area contributed by atoms with Crippen LogP contribution in [0.5, 0.6) is 0 Å². The van der Waals surface area contributed by atoms with Crippen molar-refractivity contribution < 1.29 is 0 Å². The van der Waals surface area contributed by atoms with E-state index in [1.807, 2.05) is 0 Å². The summed E-state index contributed by atoms with van der Waals surface area (Å²) in [5, 5.41) is 7.39. The molecule has 0 N–H and O–H groups in total. The zero-order valence-corrected chi connectivity index (χ0v) is 40.9. The van der Waals surface area contributed by atoms with Gasteiger partial charge in [-0.1, -0.05) is 190 Å². The molecule has 344 valence electrons. The molecule has 12 aromatic rings. The number of fused-ring (bicyclic) bond motifs is 10. The quantitative estimate of drug-likeness (QED) is 0.159. The van der Waals surface area contributed by atoms with Crippen LogP contribution in [0.25, 0.3) is 76.8 Å². The van der Waals surface area contributed by atoms with Crippen LogP contribution >= 0.6 is 0 Å². The second-order valence-corrected chi connectivity index (χ2v) is 20.8. The van der Waals surface area contributed by atoms with E-state index in [4.69, 9.17) is 0 Å². The molecule has 0 radical (unpaired) electrons. The summed E-state index contributed by atoms with van der Waals surface area (Å²) in [5.74, 6) is 0. The molecule has 2 heteroatoms. The maximum atomic E-state index is 2.53. The van der Waals surface area contributed by atoms with Gasteiger partial charge in [-0.2, -0.15) is 0 Å². The fourth-order valence-electron chi connectivity index (χ4n) is 12.9. The van der Waals surface area contributed by atoms with Gasteiger partial charge < -0.3 is 9.80 Å². The van der Waals surface area contributed by atoms with Gasteiger partial charge in [0.2, 0.25) is 0 Å². The first kappa shape index (κ1) is 41.8. The molecule has 0 fully saturated rings. The average Bonchev–Trinajstić information content (AvgIpc) is 3.67. The second kappa shape index (κ2) is 16.0.